The average Bonchev–Trinajstić information content (AvgIpc) is 3.41. The van der Waals surface area contributed by atoms with Crippen molar-refractivity contribution in [2.75, 3.05) is 7.05 Å². The molecule has 41 heavy (non-hydrogen) atoms. The van der Waals surface area contributed by atoms with Crippen LogP contribution in [0.15, 0.2) is 77.7 Å². The van der Waals surface area contributed by atoms with Crippen molar-refractivity contribution in [3.05, 3.63) is 83.9 Å². The van der Waals surface area contributed by atoms with Crippen molar-refractivity contribution in [1.29, 1.82) is 0 Å². The third kappa shape index (κ3) is 7.86. The Hall–Kier alpha value is -3.90. The summed E-state index contributed by atoms with van der Waals surface area (Å²) in [5.74, 6) is -1.76. The van der Waals surface area contributed by atoms with Gasteiger partial charge in [-0.25, -0.2) is 13.6 Å². The fourth-order valence-electron chi connectivity index (χ4n) is 5.08. The molecule has 218 valence electrons. The topological polar surface area (TPSA) is 119 Å². The van der Waals surface area contributed by atoms with Crippen molar-refractivity contribution in [2.45, 2.75) is 43.6 Å². The lowest BCUT2D eigenvalue weighted by Gasteiger charge is -2.25. The Morgan fingerprint density at radius 3 is 2.20 bits per heavy atom. The van der Waals surface area contributed by atoms with Gasteiger partial charge in [0, 0.05) is 37.5 Å². The Kier molecular flexibility index (Phi) is 9.03. The highest BCUT2D eigenvalue weighted by Gasteiger charge is 2.39. The van der Waals surface area contributed by atoms with Crippen LogP contribution < -0.4 is 15.2 Å². The second-order valence-electron chi connectivity index (χ2n) is 9.99. The minimum atomic E-state index is -4.78. The summed E-state index contributed by atoms with van der Waals surface area (Å²) in [7, 11) is -2.23. The molecule has 3 N–H and O–H groups in total. The van der Waals surface area contributed by atoms with E-state index in [1.54, 1.807) is 42.3 Å². The zero-order valence-corrected chi connectivity index (χ0v) is 23.0. The first-order chi connectivity index (χ1) is 19.3. The van der Waals surface area contributed by atoms with Crippen LogP contribution in [-0.2, 0) is 32.7 Å². The zero-order valence-electron chi connectivity index (χ0n) is 22.2. The van der Waals surface area contributed by atoms with Gasteiger partial charge in [-0.15, -0.1) is 13.2 Å². The number of sulfonamides is 1. The van der Waals surface area contributed by atoms with Gasteiger partial charge in [0.05, 0.1) is 4.90 Å². The van der Waals surface area contributed by atoms with E-state index in [0.717, 1.165) is 12.0 Å². The van der Waals surface area contributed by atoms with Gasteiger partial charge in [-0.1, -0.05) is 61.0 Å². The normalized spacial score (nSPS) is 17.2. The van der Waals surface area contributed by atoms with E-state index in [9.17, 15) is 31.2 Å². The molecule has 3 aromatic rings. The molecule has 0 radical (unpaired) electrons. The molecule has 0 aliphatic heterocycles. The molecule has 1 unspecified atom stereocenters. The summed E-state index contributed by atoms with van der Waals surface area (Å²) in [5.41, 5.74) is 2.58. The number of ether oxygens (including phenoxy) is 1. The smallest absolute Gasteiger partial charge is 0.406 e. The molecule has 4 rings (SSSR count). The van der Waals surface area contributed by atoms with E-state index in [-0.39, 0.29) is 29.0 Å². The van der Waals surface area contributed by atoms with Crippen LogP contribution in [0.25, 0.3) is 11.1 Å². The van der Waals surface area contributed by atoms with Crippen LogP contribution in [-0.4, -0.2) is 38.5 Å². The van der Waals surface area contributed by atoms with Crippen molar-refractivity contribution in [1.82, 2.24) is 10.2 Å². The molecule has 12 heteroatoms. The molecule has 1 aliphatic carbocycles. The maximum atomic E-state index is 13.3. The molecule has 3 aromatic carbocycles. The van der Waals surface area contributed by atoms with Crippen molar-refractivity contribution in [3.63, 3.8) is 0 Å². The van der Waals surface area contributed by atoms with Crippen molar-refractivity contribution in [3.8, 4) is 16.9 Å². The van der Waals surface area contributed by atoms with E-state index in [1.165, 1.54) is 30.3 Å². The first-order valence-electron chi connectivity index (χ1n) is 12.9. The lowest BCUT2D eigenvalue weighted by Crippen LogP contribution is -2.40. The lowest BCUT2D eigenvalue weighted by molar-refractivity contribution is -0.274. The maximum absolute atomic E-state index is 13.3. The minimum absolute atomic E-state index is 0.0260. The summed E-state index contributed by atoms with van der Waals surface area (Å²) in [6.07, 6.45) is -2.91. The summed E-state index contributed by atoms with van der Waals surface area (Å²) in [6, 6.07) is 18.8. The Morgan fingerprint density at radius 1 is 0.951 bits per heavy atom. The third-order valence-corrected chi connectivity index (χ3v) is 8.02. The van der Waals surface area contributed by atoms with Gasteiger partial charge in [-0.05, 0) is 47.7 Å². The molecule has 8 nitrogen and oxygen atoms in total. The molecular formula is C29H30F3N3O5S. The summed E-state index contributed by atoms with van der Waals surface area (Å²) in [4.78, 5) is 27.8. The highest BCUT2D eigenvalue weighted by Crippen LogP contribution is 2.34. The van der Waals surface area contributed by atoms with Crippen LogP contribution in [0.3, 0.4) is 0 Å². The number of hydrogen-bond donors (Lipinski definition) is 2. The standard InChI is InChI=1S/C29H30F3N3O5S/c1-35(18-20-9-13-21(14-10-20)23-5-2-3-8-26(23)41(33,38)39)28(37)25-7-4-6-24(25)27(36)34-17-19-11-15-22(16-12-19)40-29(30,31)32/h2-3,5,8-16,24-25H,4,6-7,17-18H2,1H3,(H,34,36)(H2,33,38,39)/t24-,25?/m1/s1. The Bertz CT molecular complexity index is 1490. The first-order valence-corrected chi connectivity index (χ1v) is 14.4. The van der Waals surface area contributed by atoms with E-state index in [4.69, 9.17) is 5.14 Å². The number of carbonyl (C=O) groups excluding carboxylic acids is 2. The van der Waals surface area contributed by atoms with Crippen molar-refractivity contribution in [2.24, 2.45) is 17.0 Å². The highest BCUT2D eigenvalue weighted by atomic mass is 32.2. The average molecular weight is 590 g/mol. The highest BCUT2D eigenvalue weighted by molar-refractivity contribution is 7.89. The molecule has 0 spiro atoms. The SMILES string of the molecule is CN(Cc1ccc(-c2ccccc2S(N)(=O)=O)cc1)C(=O)C1CCC[C@H]1C(=O)NCc1ccc(OC(F)(F)F)cc1. The molecule has 2 atom stereocenters. The molecule has 0 aromatic heterocycles. The second-order valence-corrected chi connectivity index (χ2v) is 11.5. The number of nitrogens with zero attached hydrogens (tertiary/aromatic N) is 1. The van der Waals surface area contributed by atoms with Gasteiger partial charge in [-0.3, -0.25) is 9.59 Å². The van der Waals surface area contributed by atoms with E-state index >= 15 is 0 Å². The van der Waals surface area contributed by atoms with Crippen LogP contribution in [0.1, 0.15) is 30.4 Å². The number of halogens is 3. The van der Waals surface area contributed by atoms with Gasteiger partial charge >= 0.3 is 6.36 Å². The third-order valence-electron chi connectivity index (χ3n) is 7.05. The summed E-state index contributed by atoms with van der Waals surface area (Å²) >= 11 is 0. The number of nitrogens with two attached hydrogens (primary N) is 1. The number of alkyl halides is 3. The van der Waals surface area contributed by atoms with Crippen LogP contribution in [0.5, 0.6) is 5.75 Å². The fourth-order valence-corrected chi connectivity index (χ4v) is 5.84. The molecule has 0 heterocycles. The Morgan fingerprint density at radius 2 is 1.56 bits per heavy atom. The monoisotopic (exact) mass is 589 g/mol. The molecule has 1 fully saturated rings. The maximum Gasteiger partial charge on any atom is 0.573 e. The predicted molar refractivity (Wildman–Crippen MR) is 146 cm³/mol. The van der Waals surface area contributed by atoms with E-state index in [2.05, 4.69) is 10.1 Å². The van der Waals surface area contributed by atoms with Gasteiger partial charge in [0.1, 0.15) is 5.75 Å². The lowest BCUT2D eigenvalue weighted by atomic mass is 9.93. The van der Waals surface area contributed by atoms with Crippen LogP contribution in [0.4, 0.5) is 13.2 Å². The second kappa shape index (κ2) is 12.3. The predicted octanol–water partition coefficient (Wildman–Crippen LogP) is 4.59. The van der Waals surface area contributed by atoms with Crippen molar-refractivity contribution >= 4 is 21.8 Å². The van der Waals surface area contributed by atoms with E-state index in [1.807, 2.05) is 12.1 Å². The molecule has 1 aliphatic rings. The van der Waals surface area contributed by atoms with Crippen LogP contribution in [0.2, 0.25) is 0 Å². The summed E-state index contributed by atoms with van der Waals surface area (Å²) in [6.45, 7) is 0.409. The fraction of sp³-hybridized carbons (Fsp3) is 0.310. The summed E-state index contributed by atoms with van der Waals surface area (Å²) < 4.78 is 64.8. The molecule has 1 saturated carbocycles. The Balaban J connectivity index is 1.34. The first kappa shape index (κ1) is 30.1. The minimum Gasteiger partial charge on any atom is -0.406 e. The number of nitrogens with one attached hydrogen (secondary N) is 1. The number of amides is 2. The Labute approximate surface area is 236 Å². The quantitative estimate of drug-likeness (QED) is 0.379. The van der Waals surface area contributed by atoms with Gasteiger partial charge in [0.2, 0.25) is 21.8 Å². The van der Waals surface area contributed by atoms with Gasteiger partial charge in [0.15, 0.2) is 0 Å². The van der Waals surface area contributed by atoms with Gasteiger partial charge in [-0.2, -0.15) is 0 Å². The zero-order chi connectivity index (χ0) is 29.8. The number of hydrogen-bond acceptors (Lipinski definition) is 5. The molecular weight excluding hydrogens is 559 g/mol. The number of carbonyl (C=O) groups is 2. The van der Waals surface area contributed by atoms with Crippen LogP contribution >= 0.6 is 0 Å². The summed E-state index contributed by atoms with van der Waals surface area (Å²) in [5, 5.41) is 8.14. The molecule has 0 bridgehead atoms. The van der Waals surface area contributed by atoms with Crippen LogP contribution in [0, 0.1) is 11.8 Å². The van der Waals surface area contributed by atoms with E-state index in [0.29, 0.717) is 36.1 Å². The number of primary sulfonamides is 1. The van der Waals surface area contributed by atoms with E-state index < -0.39 is 28.2 Å². The molecule has 2 amide bonds. The number of rotatable bonds is 9. The van der Waals surface area contributed by atoms with Crippen molar-refractivity contribution < 1.29 is 35.9 Å². The molecule has 0 saturated heterocycles. The van der Waals surface area contributed by atoms with Gasteiger partial charge in [0.25, 0.3) is 0 Å². The number of benzene rings is 3. The van der Waals surface area contributed by atoms with Gasteiger partial charge < -0.3 is 15.0 Å². The largest absolute Gasteiger partial charge is 0.573 e.